The molecule has 7 nitrogen and oxygen atoms in total. The van der Waals surface area contributed by atoms with Crippen molar-refractivity contribution in [3.63, 3.8) is 0 Å². The van der Waals surface area contributed by atoms with Gasteiger partial charge in [0.25, 0.3) is 5.56 Å². The number of para-hydroxylation sites is 1. The van der Waals surface area contributed by atoms with Crippen LogP contribution in [0.2, 0.25) is 0 Å². The zero-order chi connectivity index (χ0) is 18.1. The van der Waals surface area contributed by atoms with Crippen LogP contribution in [0, 0.1) is 11.3 Å². The zero-order valence-electron chi connectivity index (χ0n) is 13.8. The Morgan fingerprint density at radius 3 is 2.73 bits per heavy atom. The first-order valence-corrected chi connectivity index (χ1v) is 8.21. The van der Waals surface area contributed by atoms with Crippen molar-refractivity contribution >= 4 is 21.9 Å². The van der Waals surface area contributed by atoms with E-state index in [4.69, 9.17) is 5.26 Å². The number of pyridine rings is 1. The molecule has 0 saturated carbocycles. The Labute approximate surface area is 147 Å². The third-order valence-electron chi connectivity index (χ3n) is 4.49. The lowest BCUT2D eigenvalue weighted by molar-refractivity contribution is 0.593. The van der Waals surface area contributed by atoms with Gasteiger partial charge in [0, 0.05) is 29.8 Å². The number of benzene rings is 1. The summed E-state index contributed by atoms with van der Waals surface area (Å²) in [5.74, 6) is 0. The second-order valence-electron chi connectivity index (χ2n) is 5.97. The van der Waals surface area contributed by atoms with Crippen molar-refractivity contribution in [3.05, 3.63) is 75.2 Å². The van der Waals surface area contributed by atoms with Crippen molar-refractivity contribution < 1.29 is 0 Å². The maximum absolute atomic E-state index is 12.7. The Balaban J connectivity index is 1.80. The molecule has 26 heavy (non-hydrogen) atoms. The fraction of sp³-hybridized carbons (Fsp3) is 0.158. The van der Waals surface area contributed by atoms with Crippen LogP contribution in [0.4, 0.5) is 0 Å². The highest BCUT2D eigenvalue weighted by atomic mass is 16.2. The summed E-state index contributed by atoms with van der Waals surface area (Å²) in [6, 6.07) is 13.1. The number of nitrogens with one attached hydrogen (secondary N) is 1. The van der Waals surface area contributed by atoms with Crippen LogP contribution in [0.5, 0.6) is 0 Å². The summed E-state index contributed by atoms with van der Waals surface area (Å²) in [4.78, 5) is 32.8. The third kappa shape index (κ3) is 2.48. The normalized spacial score (nSPS) is 11.0. The van der Waals surface area contributed by atoms with Crippen LogP contribution in [0.25, 0.3) is 21.9 Å². The molecule has 0 fully saturated rings. The minimum atomic E-state index is -0.511. The quantitative estimate of drug-likeness (QED) is 0.610. The lowest BCUT2D eigenvalue weighted by Gasteiger charge is -2.10. The molecule has 7 heteroatoms. The molecule has 0 atom stereocenters. The van der Waals surface area contributed by atoms with Crippen molar-refractivity contribution in [2.24, 2.45) is 0 Å². The predicted octanol–water partition coefficient (Wildman–Crippen LogP) is 1.81. The van der Waals surface area contributed by atoms with E-state index in [2.05, 4.69) is 9.97 Å². The van der Waals surface area contributed by atoms with E-state index in [1.807, 2.05) is 36.5 Å². The Morgan fingerprint density at radius 1 is 1.08 bits per heavy atom. The van der Waals surface area contributed by atoms with E-state index >= 15 is 0 Å². The molecule has 0 unspecified atom stereocenters. The second-order valence-corrected chi connectivity index (χ2v) is 5.97. The number of nitrogens with zero attached hydrogens (tertiary/aromatic N) is 4. The molecule has 3 aromatic heterocycles. The predicted molar refractivity (Wildman–Crippen MR) is 97.9 cm³/mol. The molecule has 1 N–H and O–H groups in total. The van der Waals surface area contributed by atoms with Gasteiger partial charge in [0.15, 0.2) is 0 Å². The number of H-pyrrole nitrogens is 1. The summed E-state index contributed by atoms with van der Waals surface area (Å²) in [6.07, 6.45) is 3.93. The van der Waals surface area contributed by atoms with Crippen LogP contribution in [0.15, 0.2) is 58.4 Å². The molecular formula is C19H15N5O2. The van der Waals surface area contributed by atoms with Crippen molar-refractivity contribution in [3.8, 4) is 6.07 Å². The Bertz CT molecular complexity index is 1270. The zero-order valence-corrected chi connectivity index (χ0v) is 13.8. The van der Waals surface area contributed by atoms with Gasteiger partial charge in [-0.05, 0) is 30.2 Å². The molecule has 128 valence electrons. The standard InChI is InChI=1S/C19H15N5O2/c20-8-11-23-17-15(5-3-9-21-17)18(25)24(19(23)26)10-7-13-12-22-16-6-2-1-4-14(13)16/h1-6,9,12,22H,7,10-11H2. The average Bonchev–Trinajstić information content (AvgIpc) is 3.08. The van der Waals surface area contributed by atoms with Gasteiger partial charge in [-0.1, -0.05) is 18.2 Å². The van der Waals surface area contributed by atoms with Crippen LogP contribution >= 0.6 is 0 Å². The largest absolute Gasteiger partial charge is 0.361 e. The van der Waals surface area contributed by atoms with E-state index in [-0.39, 0.29) is 24.3 Å². The minimum Gasteiger partial charge on any atom is -0.361 e. The molecule has 4 rings (SSSR count). The van der Waals surface area contributed by atoms with Gasteiger partial charge in [0.2, 0.25) is 0 Å². The van der Waals surface area contributed by atoms with Gasteiger partial charge in [0.05, 0.1) is 11.5 Å². The van der Waals surface area contributed by atoms with E-state index in [1.54, 1.807) is 12.1 Å². The van der Waals surface area contributed by atoms with Gasteiger partial charge < -0.3 is 4.98 Å². The van der Waals surface area contributed by atoms with E-state index < -0.39 is 5.69 Å². The van der Waals surface area contributed by atoms with E-state index in [1.165, 1.54) is 15.3 Å². The summed E-state index contributed by atoms with van der Waals surface area (Å²) in [5.41, 5.74) is 1.39. The fourth-order valence-corrected chi connectivity index (χ4v) is 3.23. The number of rotatable bonds is 4. The van der Waals surface area contributed by atoms with Crippen LogP contribution in [0.3, 0.4) is 0 Å². The third-order valence-corrected chi connectivity index (χ3v) is 4.49. The summed E-state index contributed by atoms with van der Waals surface area (Å²) in [7, 11) is 0. The first-order valence-electron chi connectivity index (χ1n) is 8.21. The molecule has 0 aliphatic rings. The molecule has 0 saturated heterocycles. The van der Waals surface area contributed by atoms with Gasteiger partial charge in [-0.25, -0.2) is 9.78 Å². The number of fused-ring (bicyclic) bond motifs is 2. The van der Waals surface area contributed by atoms with Crippen LogP contribution in [0.1, 0.15) is 5.56 Å². The molecule has 0 spiro atoms. The second kappa shape index (κ2) is 6.33. The van der Waals surface area contributed by atoms with Crippen LogP contribution < -0.4 is 11.2 Å². The molecule has 0 aliphatic heterocycles. The molecule has 0 radical (unpaired) electrons. The van der Waals surface area contributed by atoms with Gasteiger partial charge in [-0.15, -0.1) is 0 Å². The van der Waals surface area contributed by atoms with Crippen molar-refractivity contribution in [1.29, 1.82) is 5.26 Å². The van der Waals surface area contributed by atoms with Gasteiger partial charge in [-0.2, -0.15) is 5.26 Å². The highest BCUT2D eigenvalue weighted by Crippen LogP contribution is 2.18. The maximum atomic E-state index is 12.7. The lowest BCUT2D eigenvalue weighted by Crippen LogP contribution is -2.40. The van der Waals surface area contributed by atoms with Crippen molar-refractivity contribution in [2.45, 2.75) is 19.5 Å². The van der Waals surface area contributed by atoms with E-state index in [0.717, 1.165) is 16.5 Å². The molecule has 1 aromatic carbocycles. The molecule has 4 aromatic rings. The molecule has 0 amide bonds. The van der Waals surface area contributed by atoms with Crippen LogP contribution in [-0.2, 0) is 19.5 Å². The number of hydrogen-bond donors (Lipinski definition) is 1. The summed E-state index contributed by atoms with van der Waals surface area (Å²) >= 11 is 0. The minimum absolute atomic E-state index is 0.153. The molecule has 0 aliphatic carbocycles. The topological polar surface area (TPSA) is 96.5 Å². The SMILES string of the molecule is N#CCn1c(=O)n(CCc2c[nH]c3ccccc23)c(=O)c2cccnc21. The number of hydrogen-bond acceptors (Lipinski definition) is 4. The van der Waals surface area contributed by atoms with Crippen LogP contribution in [-0.4, -0.2) is 19.1 Å². The fourth-order valence-electron chi connectivity index (χ4n) is 3.23. The Hall–Kier alpha value is -3.66. The highest BCUT2D eigenvalue weighted by molar-refractivity contribution is 5.83. The number of aromatic amines is 1. The van der Waals surface area contributed by atoms with Gasteiger partial charge in [-0.3, -0.25) is 13.9 Å². The Kier molecular flexibility index (Phi) is 3.86. The van der Waals surface area contributed by atoms with Gasteiger partial charge in [0.1, 0.15) is 12.2 Å². The lowest BCUT2D eigenvalue weighted by atomic mass is 10.1. The number of aromatic nitrogens is 4. The summed E-state index contributed by atoms with van der Waals surface area (Å²) in [5, 5.41) is 10.4. The highest BCUT2D eigenvalue weighted by Gasteiger charge is 2.14. The summed E-state index contributed by atoms with van der Waals surface area (Å²) < 4.78 is 2.43. The van der Waals surface area contributed by atoms with Gasteiger partial charge >= 0.3 is 5.69 Å². The van der Waals surface area contributed by atoms with Crippen molar-refractivity contribution in [2.75, 3.05) is 0 Å². The average molecular weight is 345 g/mol. The molecular weight excluding hydrogens is 330 g/mol. The first kappa shape index (κ1) is 15.8. The Morgan fingerprint density at radius 2 is 1.88 bits per heavy atom. The summed E-state index contributed by atoms with van der Waals surface area (Å²) in [6.45, 7) is 0.0789. The molecule has 0 bridgehead atoms. The number of nitriles is 1. The maximum Gasteiger partial charge on any atom is 0.333 e. The first-order chi connectivity index (χ1) is 12.7. The van der Waals surface area contributed by atoms with E-state index in [9.17, 15) is 9.59 Å². The van der Waals surface area contributed by atoms with Crippen molar-refractivity contribution in [1.82, 2.24) is 19.1 Å². The smallest absolute Gasteiger partial charge is 0.333 e. The monoisotopic (exact) mass is 345 g/mol. The van der Waals surface area contributed by atoms with E-state index in [0.29, 0.717) is 11.8 Å². The molecule has 3 heterocycles. The number of aryl methyl sites for hydroxylation is 1.